The molecule has 0 amide bonds. The van der Waals surface area contributed by atoms with Gasteiger partial charge in [-0.1, -0.05) is 42.5 Å². The Labute approximate surface area is 115 Å². The SMILES string of the molecule is COc1ccc(CC(CN)Cc2ccccc2)cc1. The second kappa shape index (κ2) is 6.95. The molecule has 1 atom stereocenters. The molecule has 0 aliphatic carbocycles. The molecule has 2 N–H and O–H groups in total. The van der Waals surface area contributed by atoms with Gasteiger partial charge in [0.2, 0.25) is 0 Å². The van der Waals surface area contributed by atoms with Crippen LogP contribution in [0.15, 0.2) is 54.6 Å². The van der Waals surface area contributed by atoms with E-state index in [1.54, 1.807) is 7.11 Å². The molecule has 2 nitrogen and oxygen atoms in total. The Morgan fingerprint density at radius 2 is 1.47 bits per heavy atom. The first kappa shape index (κ1) is 13.6. The third-order valence-electron chi connectivity index (χ3n) is 3.38. The van der Waals surface area contributed by atoms with Gasteiger partial charge in [-0.3, -0.25) is 0 Å². The molecule has 0 aromatic heterocycles. The van der Waals surface area contributed by atoms with Gasteiger partial charge in [0.25, 0.3) is 0 Å². The monoisotopic (exact) mass is 255 g/mol. The summed E-state index contributed by atoms with van der Waals surface area (Å²) >= 11 is 0. The standard InChI is InChI=1S/C17H21NO/c1-19-17-9-7-15(8-10-17)12-16(13-18)11-14-5-3-2-4-6-14/h2-10,16H,11-13,18H2,1H3. The molecule has 0 aliphatic rings. The van der Waals surface area contributed by atoms with Crippen molar-refractivity contribution in [2.24, 2.45) is 11.7 Å². The summed E-state index contributed by atoms with van der Waals surface area (Å²) in [5.74, 6) is 1.38. The Hall–Kier alpha value is -1.80. The predicted octanol–water partition coefficient (Wildman–Crippen LogP) is 3.06. The van der Waals surface area contributed by atoms with Crippen LogP contribution in [-0.2, 0) is 12.8 Å². The van der Waals surface area contributed by atoms with E-state index in [-0.39, 0.29) is 0 Å². The third kappa shape index (κ3) is 4.11. The highest BCUT2D eigenvalue weighted by Crippen LogP contribution is 2.17. The largest absolute Gasteiger partial charge is 0.497 e. The van der Waals surface area contributed by atoms with Gasteiger partial charge in [0.05, 0.1) is 7.11 Å². The molecule has 2 aromatic rings. The Morgan fingerprint density at radius 1 is 0.895 bits per heavy atom. The van der Waals surface area contributed by atoms with Crippen LogP contribution in [0.1, 0.15) is 11.1 Å². The van der Waals surface area contributed by atoms with E-state index in [4.69, 9.17) is 10.5 Å². The van der Waals surface area contributed by atoms with Crippen LogP contribution in [0.5, 0.6) is 5.75 Å². The molecular weight excluding hydrogens is 234 g/mol. The van der Waals surface area contributed by atoms with Crippen LogP contribution < -0.4 is 10.5 Å². The zero-order valence-electron chi connectivity index (χ0n) is 11.4. The van der Waals surface area contributed by atoms with E-state index in [0.717, 1.165) is 18.6 Å². The molecule has 0 radical (unpaired) electrons. The molecule has 2 rings (SSSR count). The van der Waals surface area contributed by atoms with E-state index in [2.05, 4.69) is 36.4 Å². The molecule has 100 valence electrons. The summed E-state index contributed by atoms with van der Waals surface area (Å²) in [5.41, 5.74) is 8.57. The minimum absolute atomic E-state index is 0.482. The van der Waals surface area contributed by atoms with E-state index in [1.807, 2.05) is 18.2 Å². The van der Waals surface area contributed by atoms with Gasteiger partial charge in [0, 0.05) is 0 Å². The van der Waals surface area contributed by atoms with Gasteiger partial charge < -0.3 is 10.5 Å². The van der Waals surface area contributed by atoms with Crippen molar-refractivity contribution < 1.29 is 4.74 Å². The van der Waals surface area contributed by atoms with E-state index in [0.29, 0.717) is 12.5 Å². The van der Waals surface area contributed by atoms with Gasteiger partial charge >= 0.3 is 0 Å². The molecule has 0 fully saturated rings. The fraction of sp³-hybridized carbons (Fsp3) is 0.294. The minimum Gasteiger partial charge on any atom is -0.497 e. The maximum Gasteiger partial charge on any atom is 0.118 e. The molecular formula is C17H21NO. The molecule has 1 unspecified atom stereocenters. The quantitative estimate of drug-likeness (QED) is 0.861. The number of rotatable bonds is 6. The smallest absolute Gasteiger partial charge is 0.118 e. The molecule has 0 spiro atoms. The molecule has 19 heavy (non-hydrogen) atoms. The zero-order valence-corrected chi connectivity index (χ0v) is 11.4. The lowest BCUT2D eigenvalue weighted by molar-refractivity contribution is 0.414. The van der Waals surface area contributed by atoms with Gasteiger partial charge in [-0.2, -0.15) is 0 Å². The fourth-order valence-corrected chi connectivity index (χ4v) is 2.28. The third-order valence-corrected chi connectivity index (χ3v) is 3.38. The summed E-state index contributed by atoms with van der Waals surface area (Å²) in [6.45, 7) is 0.709. The van der Waals surface area contributed by atoms with Crippen molar-refractivity contribution in [1.29, 1.82) is 0 Å². The van der Waals surface area contributed by atoms with Crippen molar-refractivity contribution in [2.75, 3.05) is 13.7 Å². The first-order valence-corrected chi connectivity index (χ1v) is 6.68. The maximum absolute atomic E-state index is 5.90. The van der Waals surface area contributed by atoms with Crippen molar-refractivity contribution in [3.8, 4) is 5.75 Å². The van der Waals surface area contributed by atoms with E-state index in [1.165, 1.54) is 11.1 Å². The van der Waals surface area contributed by atoms with Crippen LogP contribution in [0.4, 0.5) is 0 Å². The van der Waals surface area contributed by atoms with Gasteiger partial charge in [0.1, 0.15) is 5.75 Å². The lowest BCUT2D eigenvalue weighted by Crippen LogP contribution is -2.19. The van der Waals surface area contributed by atoms with Gasteiger partial charge in [-0.05, 0) is 48.6 Å². The summed E-state index contributed by atoms with van der Waals surface area (Å²) in [6, 6.07) is 18.8. The van der Waals surface area contributed by atoms with Crippen LogP contribution in [0.25, 0.3) is 0 Å². The van der Waals surface area contributed by atoms with E-state index in [9.17, 15) is 0 Å². The van der Waals surface area contributed by atoms with Gasteiger partial charge in [-0.15, -0.1) is 0 Å². The molecule has 0 aliphatic heterocycles. The number of benzene rings is 2. The number of ether oxygens (including phenoxy) is 1. The molecule has 0 bridgehead atoms. The molecule has 0 saturated heterocycles. The van der Waals surface area contributed by atoms with Crippen LogP contribution in [0, 0.1) is 5.92 Å². The summed E-state index contributed by atoms with van der Waals surface area (Å²) in [5, 5.41) is 0. The maximum atomic E-state index is 5.90. The Bertz CT molecular complexity index is 478. The first-order valence-electron chi connectivity index (χ1n) is 6.68. The Morgan fingerprint density at radius 3 is 2.00 bits per heavy atom. The highest BCUT2D eigenvalue weighted by molar-refractivity contribution is 5.27. The number of methoxy groups -OCH3 is 1. The van der Waals surface area contributed by atoms with Crippen LogP contribution in [0.3, 0.4) is 0 Å². The molecule has 0 heterocycles. The number of hydrogen-bond acceptors (Lipinski definition) is 2. The van der Waals surface area contributed by atoms with Crippen molar-refractivity contribution >= 4 is 0 Å². The predicted molar refractivity (Wildman–Crippen MR) is 79.4 cm³/mol. The number of hydrogen-bond donors (Lipinski definition) is 1. The van der Waals surface area contributed by atoms with Gasteiger partial charge in [0.15, 0.2) is 0 Å². The Balaban J connectivity index is 1.98. The second-order valence-corrected chi connectivity index (χ2v) is 4.84. The lowest BCUT2D eigenvalue weighted by atomic mass is 9.93. The summed E-state index contributed by atoms with van der Waals surface area (Å²) < 4.78 is 5.17. The van der Waals surface area contributed by atoms with Crippen molar-refractivity contribution in [3.05, 3.63) is 65.7 Å². The lowest BCUT2D eigenvalue weighted by Gasteiger charge is -2.15. The van der Waals surface area contributed by atoms with Crippen LogP contribution in [0.2, 0.25) is 0 Å². The second-order valence-electron chi connectivity index (χ2n) is 4.84. The van der Waals surface area contributed by atoms with E-state index < -0.39 is 0 Å². The van der Waals surface area contributed by atoms with Crippen molar-refractivity contribution in [2.45, 2.75) is 12.8 Å². The molecule has 0 saturated carbocycles. The van der Waals surface area contributed by atoms with Crippen molar-refractivity contribution in [3.63, 3.8) is 0 Å². The Kier molecular flexibility index (Phi) is 4.99. The number of nitrogens with two attached hydrogens (primary N) is 1. The van der Waals surface area contributed by atoms with E-state index >= 15 is 0 Å². The average molecular weight is 255 g/mol. The van der Waals surface area contributed by atoms with Crippen LogP contribution in [-0.4, -0.2) is 13.7 Å². The minimum atomic E-state index is 0.482. The molecule has 2 heteroatoms. The summed E-state index contributed by atoms with van der Waals surface area (Å²) in [7, 11) is 1.69. The fourth-order valence-electron chi connectivity index (χ4n) is 2.28. The highest BCUT2D eigenvalue weighted by atomic mass is 16.5. The molecule has 2 aromatic carbocycles. The zero-order chi connectivity index (χ0) is 13.5. The first-order chi connectivity index (χ1) is 9.31. The van der Waals surface area contributed by atoms with Gasteiger partial charge in [-0.25, -0.2) is 0 Å². The van der Waals surface area contributed by atoms with Crippen LogP contribution >= 0.6 is 0 Å². The average Bonchev–Trinajstić information content (AvgIpc) is 2.48. The summed E-state index contributed by atoms with van der Waals surface area (Å²) in [6.07, 6.45) is 2.04. The summed E-state index contributed by atoms with van der Waals surface area (Å²) in [4.78, 5) is 0. The van der Waals surface area contributed by atoms with Crippen molar-refractivity contribution in [1.82, 2.24) is 0 Å². The topological polar surface area (TPSA) is 35.2 Å². The highest BCUT2D eigenvalue weighted by Gasteiger charge is 2.09. The normalized spacial score (nSPS) is 12.1.